The van der Waals surface area contributed by atoms with Crippen molar-refractivity contribution in [2.45, 2.75) is 17.8 Å². The summed E-state index contributed by atoms with van der Waals surface area (Å²) in [6.07, 6.45) is 1.58. The average Bonchev–Trinajstić information content (AvgIpc) is 3.44. The molecule has 0 radical (unpaired) electrons. The molecule has 0 unspecified atom stereocenters. The molecule has 0 saturated carbocycles. The number of hydrogen-bond donors (Lipinski definition) is 0. The van der Waals surface area contributed by atoms with Crippen LogP contribution in [0.3, 0.4) is 0 Å². The molecule has 0 aliphatic rings. The largest absolute Gasteiger partial charge is 0.461 e. The fourth-order valence-electron chi connectivity index (χ4n) is 3.28. The number of rotatable bonds is 5. The van der Waals surface area contributed by atoms with E-state index in [0.717, 1.165) is 11.3 Å². The quantitative estimate of drug-likeness (QED) is 0.246. The summed E-state index contributed by atoms with van der Waals surface area (Å²) in [5, 5.41) is 5.70. The van der Waals surface area contributed by atoms with Gasteiger partial charge in [0.05, 0.1) is 28.5 Å². The molecule has 0 aliphatic carbocycles. The Balaban J connectivity index is 1.56. The highest BCUT2D eigenvalue weighted by Crippen LogP contribution is 2.28. The highest BCUT2D eigenvalue weighted by Gasteiger charge is 2.16. The van der Waals surface area contributed by atoms with E-state index >= 15 is 0 Å². The van der Waals surface area contributed by atoms with Crippen LogP contribution < -0.4 is 5.56 Å². The molecule has 0 spiro atoms. The van der Waals surface area contributed by atoms with Crippen LogP contribution in [-0.2, 0) is 5.75 Å². The molecular weight excluding hydrogens is 434 g/mol. The van der Waals surface area contributed by atoms with Gasteiger partial charge in [-0.05, 0) is 55.0 Å². The van der Waals surface area contributed by atoms with Crippen molar-refractivity contribution < 1.29 is 8.94 Å². The maximum absolute atomic E-state index is 13.4. The molecule has 0 fully saturated rings. The van der Waals surface area contributed by atoms with Crippen LogP contribution in [0.15, 0.2) is 85.8 Å². The second-order valence-electron chi connectivity index (χ2n) is 6.98. The van der Waals surface area contributed by atoms with Crippen molar-refractivity contribution in [1.82, 2.24) is 14.7 Å². The van der Waals surface area contributed by atoms with Gasteiger partial charge in [0.1, 0.15) is 0 Å². The molecule has 2 aromatic carbocycles. The van der Waals surface area contributed by atoms with Crippen molar-refractivity contribution in [1.29, 1.82) is 0 Å². The number of halogens is 1. The summed E-state index contributed by atoms with van der Waals surface area (Å²) in [4.78, 5) is 18.1. The Morgan fingerprint density at radius 2 is 1.97 bits per heavy atom. The minimum Gasteiger partial charge on any atom is -0.461 e. The predicted octanol–water partition coefficient (Wildman–Crippen LogP) is 5.89. The molecule has 0 aliphatic heterocycles. The zero-order valence-electron chi connectivity index (χ0n) is 16.4. The van der Waals surface area contributed by atoms with Gasteiger partial charge in [0.25, 0.3) is 5.56 Å². The Labute approximate surface area is 186 Å². The molecule has 0 bridgehead atoms. The summed E-state index contributed by atoms with van der Waals surface area (Å²) in [6, 6.07) is 18.3. The van der Waals surface area contributed by atoms with Crippen LogP contribution >= 0.6 is 23.4 Å². The number of fused-ring (bicyclic) bond motifs is 1. The zero-order valence-corrected chi connectivity index (χ0v) is 18.0. The SMILES string of the molecule is Cc1cccc(-n2c(SCc3cc(-c4ccco4)on3)nc3cc(Cl)ccc3c2=O)c1. The predicted molar refractivity (Wildman–Crippen MR) is 121 cm³/mol. The summed E-state index contributed by atoms with van der Waals surface area (Å²) in [5.41, 5.74) is 2.93. The molecule has 3 heterocycles. The number of aryl methyl sites for hydroxylation is 1. The van der Waals surface area contributed by atoms with Crippen LogP contribution in [0, 0.1) is 6.92 Å². The van der Waals surface area contributed by atoms with Crippen LogP contribution in [0.4, 0.5) is 0 Å². The first-order chi connectivity index (χ1) is 15.1. The lowest BCUT2D eigenvalue weighted by molar-refractivity contribution is 0.413. The van der Waals surface area contributed by atoms with Crippen molar-refractivity contribution in [3.8, 4) is 17.2 Å². The Hall–Kier alpha value is -3.29. The second-order valence-corrected chi connectivity index (χ2v) is 8.36. The number of aromatic nitrogens is 3. The van der Waals surface area contributed by atoms with Gasteiger partial charge in [-0.3, -0.25) is 9.36 Å². The van der Waals surface area contributed by atoms with Gasteiger partial charge in [-0.25, -0.2) is 4.98 Å². The van der Waals surface area contributed by atoms with E-state index in [1.807, 2.05) is 43.3 Å². The summed E-state index contributed by atoms with van der Waals surface area (Å²) in [5.74, 6) is 1.63. The first-order valence-electron chi connectivity index (χ1n) is 9.50. The van der Waals surface area contributed by atoms with Crippen LogP contribution in [0.2, 0.25) is 5.02 Å². The van der Waals surface area contributed by atoms with Crippen LogP contribution in [0.5, 0.6) is 0 Å². The molecule has 5 rings (SSSR count). The van der Waals surface area contributed by atoms with E-state index in [-0.39, 0.29) is 5.56 Å². The summed E-state index contributed by atoms with van der Waals surface area (Å²) in [7, 11) is 0. The normalized spacial score (nSPS) is 11.3. The molecule has 8 heteroatoms. The first-order valence-corrected chi connectivity index (χ1v) is 10.9. The minimum absolute atomic E-state index is 0.147. The number of thioether (sulfide) groups is 1. The zero-order chi connectivity index (χ0) is 21.4. The molecule has 154 valence electrons. The van der Waals surface area contributed by atoms with Crippen molar-refractivity contribution >= 4 is 34.3 Å². The highest BCUT2D eigenvalue weighted by atomic mass is 35.5. The molecule has 0 atom stereocenters. The number of nitrogens with zero attached hydrogens (tertiary/aromatic N) is 3. The molecule has 5 aromatic rings. The van der Waals surface area contributed by atoms with E-state index in [1.165, 1.54) is 11.8 Å². The summed E-state index contributed by atoms with van der Waals surface area (Å²) >= 11 is 7.54. The molecule has 3 aromatic heterocycles. The number of furan rings is 1. The van der Waals surface area contributed by atoms with Gasteiger partial charge in [0.15, 0.2) is 10.9 Å². The van der Waals surface area contributed by atoms with E-state index in [0.29, 0.717) is 44.0 Å². The van der Waals surface area contributed by atoms with Gasteiger partial charge in [-0.15, -0.1) is 0 Å². The number of hydrogen-bond acceptors (Lipinski definition) is 6. The Morgan fingerprint density at radius 1 is 1.06 bits per heavy atom. The minimum atomic E-state index is -0.147. The molecular formula is C23H16ClN3O3S. The number of benzene rings is 2. The van der Waals surface area contributed by atoms with Crippen molar-refractivity contribution in [3.63, 3.8) is 0 Å². The Bertz CT molecular complexity index is 1440. The van der Waals surface area contributed by atoms with Gasteiger partial charge in [0, 0.05) is 16.8 Å². The smallest absolute Gasteiger partial charge is 0.266 e. The van der Waals surface area contributed by atoms with Gasteiger partial charge in [-0.1, -0.05) is 40.7 Å². The fourth-order valence-corrected chi connectivity index (χ4v) is 4.34. The van der Waals surface area contributed by atoms with E-state index in [1.54, 1.807) is 35.1 Å². The van der Waals surface area contributed by atoms with Crippen molar-refractivity contribution in [2.24, 2.45) is 0 Å². The Morgan fingerprint density at radius 3 is 2.77 bits per heavy atom. The maximum atomic E-state index is 13.4. The molecule has 6 nitrogen and oxygen atoms in total. The molecule has 0 amide bonds. The standard InChI is InChI=1S/C23H16ClN3O3S/c1-14-4-2-5-17(10-14)27-22(28)18-8-7-15(24)11-19(18)25-23(27)31-13-16-12-21(30-26-16)20-6-3-9-29-20/h2-12H,13H2,1H3. The van der Waals surface area contributed by atoms with E-state index in [9.17, 15) is 4.79 Å². The molecule has 0 N–H and O–H groups in total. The third-order valence-electron chi connectivity index (χ3n) is 4.73. The van der Waals surface area contributed by atoms with Gasteiger partial charge < -0.3 is 8.94 Å². The van der Waals surface area contributed by atoms with Crippen LogP contribution in [-0.4, -0.2) is 14.7 Å². The van der Waals surface area contributed by atoms with E-state index in [4.69, 9.17) is 25.5 Å². The van der Waals surface area contributed by atoms with E-state index < -0.39 is 0 Å². The first kappa shape index (κ1) is 19.7. The lowest BCUT2D eigenvalue weighted by Gasteiger charge is -2.13. The molecule has 0 saturated heterocycles. The summed E-state index contributed by atoms with van der Waals surface area (Å²) in [6.45, 7) is 1.99. The summed E-state index contributed by atoms with van der Waals surface area (Å²) < 4.78 is 12.3. The van der Waals surface area contributed by atoms with Crippen LogP contribution in [0.1, 0.15) is 11.3 Å². The lowest BCUT2D eigenvalue weighted by atomic mass is 10.2. The Kier molecular flexibility index (Phi) is 5.13. The van der Waals surface area contributed by atoms with E-state index in [2.05, 4.69) is 5.16 Å². The van der Waals surface area contributed by atoms with Gasteiger partial charge in [-0.2, -0.15) is 0 Å². The second kappa shape index (κ2) is 8.09. The third kappa shape index (κ3) is 3.89. The van der Waals surface area contributed by atoms with Crippen molar-refractivity contribution in [3.05, 3.63) is 93.6 Å². The molecule has 31 heavy (non-hydrogen) atoms. The van der Waals surface area contributed by atoms with Crippen molar-refractivity contribution in [2.75, 3.05) is 0 Å². The monoisotopic (exact) mass is 449 g/mol. The fraction of sp³-hybridized carbons (Fsp3) is 0.0870. The van der Waals surface area contributed by atoms with Gasteiger partial charge >= 0.3 is 0 Å². The van der Waals surface area contributed by atoms with Crippen LogP contribution in [0.25, 0.3) is 28.1 Å². The topological polar surface area (TPSA) is 74.1 Å². The highest BCUT2D eigenvalue weighted by molar-refractivity contribution is 7.98. The lowest BCUT2D eigenvalue weighted by Crippen LogP contribution is -2.21. The third-order valence-corrected chi connectivity index (χ3v) is 5.94. The van der Waals surface area contributed by atoms with Gasteiger partial charge in [0.2, 0.25) is 5.76 Å². The maximum Gasteiger partial charge on any atom is 0.266 e. The average molecular weight is 450 g/mol.